The third kappa shape index (κ3) is 5.89. The number of nitrogens with one attached hydrogen (secondary N) is 1. The molecule has 0 fully saturated rings. The van der Waals surface area contributed by atoms with Crippen LogP contribution in [0.5, 0.6) is 0 Å². The first-order valence-corrected chi connectivity index (χ1v) is 8.60. The van der Waals surface area contributed by atoms with E-state index in [0.29, 0.717) is 17.7 Å². The maximum absolute atomic E-state index is 13.0. The predicted octanol–water partition coefficient (Wildman–Crippen LogP) is 2.22. The molecule has 0 saturated carbocycles. The lowest BCUT2D eigenvalue weighted by Gasteiger charge is -2.23. The van der Waals surface area contributed by atoms with Crippen LogP contribution in [0, 0.1) is 5.82 Å². The van der Waals surface area contributed by atoms with Crippen molar-refractivity contribution in [1.82, 2.24) is 10.3 Å². The largest absolute Gasteiger partial charge is 0.391 e. The highest BCUT2D eigenvalue weighted by Crippen LogP contribution is 2.14. The smallest absolute Gasteiger partial charge is 0.253 e. The van der Waals surface area contributed by atoms with E-state index in [1.54, 1.807) is 30.5 Å². The monoisotopic (exact) mass is 359 g/mol. The number of nitrogens with zero attached hydrogens (tertiary/aromatic N) is 1. The molecule has 26 heavy (non-hydrogen) atoms. The Morgan fingerprint density at radius 2 is 1.88 bits per heavy atom. The first-order valence-electron chi connectivity index (χ1n) is 8.60. The summed E-state index contributed by atoms with van der Waals surface area (Å²) < 4.78 is 13.0. The zero-order valence-electron chi connectivity index (χ0n) is 15.4. The molecule has 2 atom stereocenters. The second-order valence-corrected chi connectivity index (χ2v) is 7.47. The number of pyridine rings is 1. The molecule has 0 saturated heterocycles. The van der Waals surface area contributed by atoms with E-state index in [4.69, 9.17) is 5.73 Å². The van der Waals surface area contributed by atoms with Crippen molar-refractivity contribution >= 4 is 5.91 Å². The number of aromatic nitrogens is 1. The molecule has 0 aliphatic rings. The minimum absolute atomic E-state index is 0.163. The Balaban J connectivity index is 2.07. The fourth-order valence-corrected chi connectivity index (χ4v) is 2.59. The zero-order valence-corrected chi connectivity index (χ0v) is 15.4. The molecule has 140 valence electrons. The predicted molar refractivity (Wildman–Crippen MR) is 99.2 cm³/mol. The van der Waals surface area contributed by atoms with Crippen LogP contribution in [0.15, 0.2) is 42.6 Å². The lowest BCUT2D eigenvalue weighted by molar-refractivity contribution is 0.0916. The van der Waals surface area contributed by atoms with E-state index in [-0.39, 0.29) is 23.7 Å². The lowest BCUT2D eigenvalue weighted by atomic mass is 9.97. The van der Waals surface area contributed by atoms with Gasteiger partial charge in [-0.1, -0.05) is 12.1 Å². The fraction of sp³-hybridized carbons (Fsp3) is 0.400. The fourth-order valence-electron chi connectivity index (χ4n) is 2.59. The average Bonchev–Trinajstić information content (AvgIpc) is 2.55. The van der Waals surface area contributed by atoms with Gasteiger partial charge in [0.2, 0.25) is 0 Å². The number of nitrogens with two attached hydrogens (primary N) is 1. The van der Waals surface area contributed by atoms with Crippen molar-refractivity contribution in [2.75, 3.05) is 0 Å². The van der Waals surface area contributed by atoms with E-state index in [0.717, 1.165) is 5.56 Å². The number of hydrogen-bond donors (Lipinski definition) is 3. The summed E-state index contributed by atoms with van der Waals surface area (Å²) in [5.74, 6) is -0.550. The molecular weight excluding hydrogens is 333 g/mol. The van der Waals surface area contributed by atoms with Crippen molar-refractivity contribution < 1.29 is 14.3 Å². The van der Waals surface area contributed by atoms with E-state index in [9.17, 15) is 14.3 Å². The van der Waals surface area contributed by atoms with Crippen molar-refractivity contribution in [1.29, 1.82) is 0 Å². The molecule has 0 radical (unpaired) electrons. The van der Waals surface area contributed by atoms with Crippen LogP contribution < -0.4 is 11.1 Å². The maximum atomic E-state index is 13.0. The van der Waals surface area contributed by atoms with Gasteiger partial charge in [-0.2, -0.15) is 0 Å². The molecule has 1 aromatic carbocycles. The quantitative estimate of drug-likeness (QED) is 0.738. The van der Waals surface area contributed by atoms with Gasteiger partial charge in [0.25, 0.3) is 5.91 Å². The highest BCUT2D eigenvalue weighted by Gasteiger charge is 2.22. The average molecular weight is 359 g/mol. The van der Waals surface area contributed by atoms with Gasteiger partial charge < -0.3 is 16.2 Å². The summed E-state index contributed by atoms with van der Waals surface area (Å²) in [6, 6.07) is 8.83. The van der Waals surface area contributed by atoms with Crippen LogP contribution in [-0.2, 0) is 12.8 Å². The molecule has 4 N–H and O–H groups in total. The number of carbonyl (C=O) groups is 1. The van der Waals surface area contributed by atoms with Gasteiger partial charge in [-0.05, 0) is 57.0 Å². The minimum atomic E-state index is -0.879. The first-order chi connectivity index (χ1) is 12.2. The summed E-state index contributed by atoms with van der Waals surface area (Å²) >= 11 is 0. The number of hydrogen-bond acceptors (Lipinski definition) is 4. The number of benzene rings is 1. The van der Waals surface area contributed by atoms with Crippen LogP contribution in [-0.4, -0.2) is 33.7 Å². The Morgan fingerprint density at radius 1 is 1.23 bits per heavy atom. The van der Waals surface area contributed by atoms with Gasteiger partial charge in [-0.25, -0.2) is 4.39 Å². The number of halogens is 1. The summed E-state index contributed by atoms with van der Waals surface area (Å²) in [4.78, 5) is 16.7. The second-order valence-electron chi connectivity index (χ2n) is 7.47. The Hall–Kier alpha value is -2.31. The van der Waals surface area contributed by atoms with Crippen LogP contribution in [0.25, 0.3) is 0 Å². The van der Waals surface area contributed by atoms with E-state index in [1.165, 1.54) is 12.1 Å². The molecule has 2 aromatic rings. The van der Waals surface area contributed by atoms with E-state index in [2.05, 4.69) is 10.3 Å². The third-order valence-electron chi connectivity index (χ3n) is 3.90. The van der Waals surface area contributed by atoms with Gasteiger partial charge in [0.15, 0.2) is 0 Å². The van der Waals surface area contributed by atoms with E-state index < -0.39 is 12.1 Å². The van der Waals surface area contributed by atoms with Crippen molar-refractivity contribution in [3.63, 3.8) is 0 Å². The first kappa shape index (κ1) is 20.0. The van der Waals surface area contributed by atoms with E-state index in [1.807, 2.05) is 20.8 Å². The Labute approximate surface area is 153 Å². The van der Waals surface area contributed by atoms with Gasteiger partial charge in [0, 0.05) is 24.2 Å². The van der Waals surface area contributed by atoms with E-state index >= 15 is 0 Å². The van der Waals surface area contributed by atoms with Gasteiger partial charge in [-0.15, -0.1) is 0 Å². The molecule has 1 aromatic heterocycles. The van der Waals surface area contributed by atoms with Gasteiger partial charge >= 0.3 is 0 Å². The highest BCUT2D eigenvalue weighted by molar-refractivity contribution is 5.95. The summed E-state index contributed by atoms with van der Waals surface area (Å²) in [5, 5.41) is 13.4. The van der Waals surface area contributed by atoms with Crippen molar-refractivity contribution in [2.24, 2.45) is 5.73 Å². The third-order valence-corrected chi connectivity index (χ3v) is 3.90. The Kier molecular flexibility index (Phi) is 6.45. The standard InChI is InChI=1S/C20H26FN3O2/c1-20(2,3)24-19(26)15-5-4-10-23-17(15)12-18(25)16(22)11-13-6-8-14(21)9-7-13/h4-10,16,18,25H,11-12,22H2,1-3H3,(H,24,26). The zero-order chi connectivity index (χ0) is 19.3. The van der Waals surface area contributed by atoms with Crippen molar-refractivity contribution in [3.05, 3.63) is 65.2 Å². The Morgan fingerprint density at radius 3 is 2.50 bits per heavy atom. The van der Waals surface area contributed by atoms with Crippen LogP contribution >= 0.6 is 0 Å². The van der Waals surface area contributed by atoms with Gasteiger partial charge in [0.1, 0.15) is 5.82 Å². The molecule has 1 amide bonds. The van der Waals surface area contributed by atoms with Gasteiger partial charge in [0.05, 0.1) is 17.4 Å². The number of rotatable bonds is 6. The topological polar surface area (TPSA) is 88.2 Å². The lowest BCUT2D eigenvalue weighted by Crippen LogP contribution is -2.42. The molecule has 0 aliphatic heterocycles. The number of aliphatic hydroxyl groups excluding tert-OH is 1. The van der Waals surface area contributed by atoms with Crippen LogP contribution in [0.2, 0.25) is 0 Å². The van der Waals surface area contributed by atoms with Crippen LogP contribution in [0.4, 0.5) is 4.39 Å². The highest BCUT2D eigenvalue weighted by atomic mass is 19.1. The second kappa shape index (κ2) is 8.38. The van der Waals surface area contributed by atoms with Crippen molar-refractivity contribution in [3.8, 4) is 0 Å². The summed E-state index contributed by atoms with van der Waals surface area (Å²) in [6.07, 6.45) is 1.27. The molecule has 6 heteroatoms. The molecule has 1 heterocycles. The molecule has 0 aliphatic carbocycles. The molecule has 2 rings (SSSR count). The summed E-state index contributed by atoms with van der Waals surface area (Å²) in [5.41, 5.74) is 7.48. The normalized spacial score (nSPS) is 13.9. The molecule has 5 nitrogen and oxygen atoms in total. The summed E-state index contributed by atoms with van der Waals surface area (Å²) in [6.45, 7) is 5.69. The van der Waals surface area contributed by atoms with Crippen molar-refractivity contribution in [2.45, 2.75) is 51.3 Å². The molecular formula is C20H26FN3O2. The molecule has 2 unspecified atom stereocenters. The molecule has 0 spiro atoms. The number of carbonyl (C=O) groups excluding carboxylic acids is 1. The van der Waals surface area contributed by atoms with Gasteiger partial charge in [-0.3, -0.25) is 9.78 Å². The minimum Gasteiger partial charge on any atom is -0.391 e. The van der Waals surface area contributed by atoms with Crippen LogP contribution in [0.1, 0.15) is 42.4 Å². The number of amides is 1. The Bertz CT molecular complexity index is 741. The molecule has 0 bridgehead atoms. The number of aliphatic hydroxyl groups is 1. The SMILES string of the molecule is CC(C)(C)NC(=O)c1cccnc1CC(O)C(N)Cc1ccc(F)cc1. The van der Waals surface area contributed by atoms with Crippen LogP contribution in [0.3, 0.4) is 0 Å². The maximum Gasteiger partial charge on any atom is 0.253 e. The summed E-state index contributed by atoms with van der Waals surface area (Å²) in [7, 11) is 0.